The van der Waals surface area contributed by atoms with Gasteiger partial charge in [0.05, 0.1) is 7.11 Å². The minimum absolute atomic E-state index is 0.180. The number of hydrogen-bond acceptors (Lipinski definition) is 6. The van der Waals surface area contributed by atoms with Crippen molar-refractivity contribution in [2.45, 2.75) is 31.3 Å². The summed E-state index contributed by atoms with van der Waals surface area (Å²) in [6, 6.07) is 1.44. The second-order valence-electron chi connectivity index (χ2n) is 4.76. The Morgan fingerprint density at radius 2 is 2.06 bits per heavy atom. The van der Waals surface area contributed by atoms with Crippen molar-refractivity contribution < 1.29 is 4.74 Å². The second-order valence-corrected chi connectivity index (χ2v) is 5.10. The smallest absolute Gasteiger partial charge is 0.322 e. The Bertz CT molecular complexity index is 443. The maximum Gasteiger partial charge on any atom is 0.322 e. The highest BCUT2D eigenvalue weighted by atomic mass is 35.5. The number of fused-ring (bicyclic) bond motifs is 2. The van der Waals surface area contributed by atoms with Gasteiger partial charge in [0, 0.05) is 25.2 Å². The first-order valence-corrected chi connectivity index (χ1v) is 6.59. The van der Waals surface area contributed by atoms with Crippen molar-refractivity contribution in [3.63, 3.8) is 0 Å². The largest absolute Gasteiger partial charge is 0.467 e. The second kappa shape index (κ2) is 4.85. The van der Waals surface area contributed by atoms with Gasteiger partial charge in [0.15, 0.2) is 0 Å². The maximum absolute atomic E-state index is 5.88. The van der Waals surface area contributed by atoms with Crippen molar-refractivity contribution in [3.8, 4) is 6.01 Å². The van der Waals surface area contributed by atoms with Crippen LogP contribution in [0.25, 0.3) is 0 Å². The molecular weight excluding hydrogens is 254 g/mol. The SMILES string of the molecule is COc1nc(Cl)nc(N2CCC3CCC(C2)N3)n1. The van der Waals surface area contributed by atoms with Gasteiger partial charge in [-0.15, -0.1) is 0 Å². The molecule has 2 unspecified atom stereocenters. The molecular formula is C11H16ClN5O. The zero-order valence-electron chi connectivity index (χ0n) is 10.3. The fourth-order valence-electron chi connectivity index (χ4n) is 2.68. The van der Waals surface area contributed by atoms with Gasteiger partial charge in [-0.25, -0.2) is 0 Å². The van der Waals surface area contributed by atoms with Crippen LogP contribution in [0.2, 0.25) is 5.28 Å². The van der Waals surface area contributed by atoms with Crippen LogP contribution in [0.4, 0.5) is 5.95 Å². The number of aromatic nitrogens is 3. The summed E-state index contributed by atoms with van der Waals surface area (Å²) in [6.07, 6.45) is 3.61. The van der Waals surface area contributed by atoms with Crippen molar-refractivity contribution in [2.24, 2.45) is 0 Å². The average Bonchev–Trinajstić information content (AvgIpc) is 2.68. The van der Waals surface area contributed by atoms with Crippen LogP contribution < -0.4 is 15.0 Å². The molecule has 1 aromatic heterocycles. The first kappa shape index (κ1) is 11.9. The number of nitrogens with one attached hydrogen (secondary N) is 1. The lowest BCUT2D eigenvalue weighted by atomic mass is 10.1. The Labute approximate surface area is 111 Å². The van der Waals surface area contributed by atoms with E-state index in [2.05, 4.69) is 25.2 Å². The molecule has 2 aliphatic rings. The Morgan fingerprint density at radius 1 is 1.22 bits per heavy atom. The molecule has 98 valence electrons. The highest BCUT2D eigenvalue weighted by Gasteiger charge is 2.30. The zero-order chi connectivity index (χ0) is 12.5. The number of methoxy groups -OCH3 is 1. The molecule has 1 N–H and O–H groups in total. The van der Waals surface area contributed by atoms with E-state index < -0.39 is 0 Å². The molecule has 2 aliphatic heterocycles. The summed E-state index contributed by atoms with van der Waals surface area (Å²) >= 11 is 5.88. The summed E-state index contributed by atoms with van der Waals surface area (Å²) in [7, 11) is 1.53. The van der Waals surface area contributed by atoms with Gasteiger partial charge in [-0.3, -0.25) is 0 Å². The molecule has 0 radical (unpaired) electrons. The van der Waals surface area contributed by atoms with Crippen LogP contribution in [0.5, 0.6) is 6.01 Å². The first-order chi connectivity index (χ1) is 8.74. The molecule has 6 nitrogen and oxygen atoms in total. The first-order valence-electron chi connectivity index (χ1n) is 6.21. The topological polar surface area (TPSA) is 63.2 Å². The predicted octanol–water partition coefficient (Wildman–Crippen LogP) is 0.864. The number of hydrogen-bond donors (Lipinski definition) is 1. The summed E-state index contributed by atoms with van der Waals surface area (Å²) < 4.78 is 5.03. The normalized spacial score (nSPS) is 27.1. The average molecular weight is 270 g/mol. The lowest BCUT2D eigenvalue weighted by Crippen LogP contribution is -2.36. The van der Waals surface area contributed by atoms with Crippen LogP contribution >= 0.6 is 11.6 Å². The van der Waals surface area contributed by atoms with E-state index in [9.17, 15) is 0 Å². The van der Waals surface area contributed by atoms with Crippen LogP contribution in [-0.2, 0) is 0 Å². The molecule has 2 saturated heterocycles. The summed E-state index contributed by atoms with van der Waals surface area (Å²) in [5.74, 6) is 0.612. The third kappa shape index (κ3) is 2.35. The van der Waals surface area contributed by atoms with Crippen LogP contribution in [0.3, 0.4) is 0 Å². The molecule has 7 heteroatoms. The highest BCUT2D eigenvalue weighted by molar-refractivity contribution is 6.28. The summed E-state index contributed by atoms with van der Waals surface area (Å²) in [5.41, 5.74) is 0. The number of anilines is 1. The lowest BCUT2D eigenvalue weighted by Gasteiger charge is -2.24. The number of nitrogens with zero attached hydrogens (tertiary/aromatic N) is 4. The van der Waals surface area contributed by atoms with Gasteiger partial charge >= 0.3 is 6.01 Å². The molecule has 2 fully saturated rings. The molecule has 2 atom stereocenters. The molecule has 18 heavy (non-hydrogen) atoms. The minimum atomic E-state index is 0.180. The number of rotatable bonds is 2. The molecule has 1 aromatic rings. The van der Waals surface area contributed by atoms with Crippen molar-refractivity contribution in [2.75, 3.05) is 25.1 Å². The van der Waals surface area contributed by atoms with Crippen molar-refractivity contribution in [1.82, 2.24) is 20.3 Å². The van der Waals surface area contributed by atoms with E-state index in [1.54, 1.807) is 0 Å². The fourth-order valence-corrected chi connectivity index (χ4v) is 2.83. The van der Waals surface area contributed by atoms with Crippen LogP contribution in [0, 0.1) is 0 Å². The minimum Gasteiger partial charge on any atom is -0.467 e. The molecule has 0 aromatic carbocycles. The lowest BCUT2D eigenvalue weighted by molar-refractivity contribution is 0.377. The molecule has 3 heterocycles. The van der Waals surface area contributed by atoms with E-state index in [1.165, 1.54) is 20.0 Å². The summed E-state index contributed by atoms with van der Waals surface area (Å²) in [6.45, 7) is 1.86. The predicted molar refractivity (Wildman–Crippen MR) is 68.2 cm³/mol. The third-order valence-electron chi connectivity index (χ3n) is 3.56. The van der Waals surface area contributed by atoms with Crippen molar-refractivity contribution in [3.05, 3.63) is 5.28 Å². The van der Waals surface area contributed by atoms with Gasteiger partial charge in [-0.1, -0.05) is 0 Å². The van der Waals surface area contributed by atoms with Crippen LogP contribution in [0.1, 0.15) is 19.3 Å². The quantitative estimate of drug-likeness (QED) is 0.859. The van der Waals surface area contributed by atoms with E-state index in [0.717, 1.165) is 19.5 Å². The maximum atomic E-state index is 5.88. The van der Waals surface area contributed by atoms with Crippen LogP contribution in [0.15, 0.2) is 0 Å². The Kier molecular flexibility index (Phi) is 3.22. The van der Waals surface area contributed by atoms with Gasteiger partial charge in [-0.2, -0.15) is 15.0 Å². The zero-order valence-corrected chi connectivity index (χ0v) is 11.0. The fraction of sp³-hybridized carbons (Fsp3) is 0.727. The molecule has 0 saturated carbocycles. The standard InChI is InChI=1S/C11H16ClN5O/c1-18-11-15-9(12)14-10(16-11)17-5-4-7-2-3-8(6-17)13-7/h7-8,13H,2-6H2,1H3. The van der Waals surface area contributed by atoms with E-state index in [4.69, 9.17) is 16.3 Å². The van der Waals surface area contributed by atoms with E-state index in [-0.39, 0.29) is 11.3 Å². The van der Waals surface area contributed by atoms with E-state index in [1.807, 2.05) is 0 Å². The van der Waals surface area contributed by atoms with Crippen molar-refractivity contribution >= 4 is 17.5 Å². The van der Waals surface area contributed by atoms with Gasteiger partial charge in [0.1, 0.15) is 0 Å². The van der Waals surface area contributed by atoms with Crippen LogP contribution in [-0.4, -0.2) is 47.2 Å². The van der Waals surface area contributed by atoms with E-state index >= 15 is 0 Å². The Morgan fingerprint density at radius 3 is 2.89 bits per heavy atom. The molecule has 0 aliphatic carbocycles. The van der Waals surface area contributed by atoms with Gasteiger partial charge in [0.2, 0.25) is 11.2 Å². The number of ether oxygens (including phenoxy) is 1. The highest BCUT2D eigenvalue weighted by Crippen LogP contribution is 2.23. The van der Waals surface area contributed by atoms with Gasteiger partial charge < -0.3 is 15.0 Å². The molecule has 0 spiro atoms. The van der Waals surface area contributed by atoms with Gasteiger partial charge in [-0.05, 0) is 30.9 Å². The van der Waals surface area contributed by atoms with E-state index in [0.29, 0.717) is 18.0 Å². The Balaban J connectivity index is 1.83. The monoisotopic (exact) mass is 269 g/mol. The molecule has 3 rings (SSSR count). The molecule has 2 bridgehead atoms. The molecule has 0 amide bonds. The Hall–Kier alpha value is -1.14. The summed E-state index contributed by atoms with van der Waals surface area (Å²) in [5, 5.41) is 3.80. The van der Waals surface area contributed by atoms with Crippen molar-refractivity contribution in [1.29, 1.82) is 0 Å². The number of halogens is 1. The third-order valence-corrected chi connectivity index (χ3v) is 3.73. The summed E-state index contributed by atoms with van der Waals surface area (Å²) in [4.78, 5) is 14.5. The van der Waals surface area contributed by atoms with Gasteiger partial charge in [0.25, 0.3) is 0 Å².